The lowest BCUT2D eigenvalue weighted by atomic mass is 9.78. The van der Waals surface area contributed by atoms with Crippen LogP contribution in [0.1, 0.15) is 56.6 Å². The first-order chi connectivity index (χ1) is 8.50. The van der Waals surface area contributed by atoms with Crippen LogP contribution in [0.2, 0.25) is 0 Å². The Kier molecular flexibility index (Phi) is 4.02. The van der Waals surface area contributed by atoms with Crippen LogP contribution in [-0.4, -0.2) is 11.7 Å². The molecule has 2 nitrogen and oxygen atoms in total. The van der Waals surface area contributed by atoms with Gasteiger partial charge in [-0.2, -0.15) is 0 Å². The van der Waals surface area contributed by atoms with E-state index >= 15 is 0 Å². The molecule has 0 amide bonds. The number of phenolic OH excluding ortho intramolecular Hbond substituents is 1. The summed E-state index contributed by atoms with van der Waals surface area (Å²) < 4.78 is 1.09. The molecule has 0 radical (unpaired) electrons. The number of nitrogens with two attached hydrogens (primary N) is 1. The SMILES string of the molecule is CC(C)c1cc(O)c(C2(CN)CCCC2)cc1Br. The van der Waals surface area contributed by atoms with Crippen LogP contribution in [0, 0.1) is 0 Å². The number of benzene rings is 1. The first-order valence-corrected chi connectivity index (χ1v) is 7.52. The Labute approximate surface area is 118 Å². The highest BCUT2D eigenvalue weighted by molar-refractivity contribution is 9.10. The Hall–Kier alpha value is -0.540. The summed E-state index contributed by atoms with van der Waals surface area (Å²) in [5.41, 5.74) is 8.16. The lowest BCUT2D eigenvalue weighted by molar-refractivity contribution is 0.404. The lowest BCUT2D eigenvalue weighted by Gasteiger charge is -2.29. The minimum absolute atomic E-state index is 0.0118. The molecule has 0 aliphatic heterocycles. The van der Waals surface area contributed by atoms with Crippen molar-refractivity contribution in [3.63, 3.8) is 0 Å². The second-order valence-electron chi connectivity index (χ2n) is 5.74. The number of aromatic hydroxyl groups is 1. The molecule has 18 heavy (non-hydrogen) atoms. The Bertz CT molecular complexity index is 436. The standard InChI is InChI=1S/C15H22BrNO/c1-10(2)11-7-14(18)12(8-13(11)16)15(9-17)5-3-4-6-15/h7-8,10,18H,3-6,9,17H2,1-2H3. The molecule has 2 rings (SSSR count). The maximum Gasteiger partial charge on any atom is 0.119 e. The van der Waals surface area contributed by atoms with E-state index < -0.39 is 0 Å². The topological polar surface area (TPSA) is 46.2 Å². The molecule has 1 fully saturated rings. The van der Waals surface area contributed by atoms with Crippen molar-refractivity contribution in [1.82, 2.24) is 0 Å². The monoisotopic (exact) mass is 311 g/mol. The van der Waals surface area contributed by atoms with Gasteiger partial charge in [0.25, 0.3) is 0 Å². The van der Waals surface area contributed by atoms with E-state index in [4.69, 9.17) is 5.73 Å². The van der Waals surface area contributed by atoms with Gasteiger partial charge in [0.15, 0.2) is 0 Å². The zero-order valence-corrected chi connectivity index (χ0v) is 12.8. The Balaban J connectivity index is 2.49. The van der Waals surface area contributed by atoms with E-state index in [9.17, 15) is 5.11 Å². The number of hydrogen-bond donors (Lipinski definition) is 2. The van der Waals surface area contributed by atoms with E-state index in [0.717, 1.165) is 28.4 Å². The third-order valence-electron chi connectivity index (χ3n) is 4.26. The molecule has 0 unspecified atom stereocenters. The van der Waals surface area contributed by atoms with E-state index in [-0.39, 0.29) is 5.41 Å². The summed E-state index contributed by atoms with van der Waals surface area (Å²) >= 11 is 3.63. The molecule has 1 saturated carbocycles. The third-order valence-corrected chi connectivity index (χ3v) is 4.95. The maximum atomic E-state index is 10.3. The summed E-state index contributed by atoms with van der Waals surface area (Å²) in [6.07, 6.45) is 4.59. The van der Waals surface area contributed by atoms with Crippen LogP contribution in [0.15, 0.2) is 16.6 Å². The van der Waals surface area contributed by atoms with Gasteiger partial charge in [0, 0.05) is 22.0 Å². The van der Waals surface area contributed by atoms with E-state index in [1.807, 2.05) is 6.07 Å². The van der Waals surface area contributed by atoms with Crippen LogP contribution in [0.4, 0.5) is 0 Å². The highest BCUT2D eigenvalue weighted by atomic mass is 79.9. The van der Waals surface area contributed by atoms with Gasteiger partial charge in [-0.05, 0) is 36.5 Å². The summed E-state index contributed by atoms with van der Waals surface area (Å²) in [4.78, 5) is 0. The van der Waals surface area contributed by atoms with Gasteiger partial charge in [-0.1, -0.05) is 42.6 Å². The number of phenols is 1. The molecule has 0 aromatic heterocycles. The Morgan fingerprint density at radius 2 is 1.94 bits per heavy atom. The van der Waals surface area contributed by atoms with E-state index in [0.29, 0.717) is 18.2 Å². The van der Waals surface area contributed by atoms with Gasteiger partial charge in [-0.15, -0.1) is 0 Å². The Morgan fingerprint density at radius 1 is 1.33 bits per heavy atom. The number of hydrogen-bond acceptors (Lipinski definition) is 2. The van der Waals surface area contributed by atoms with Crippen LogP contribution in [-0.2, 0) is 5.41 Å². The van der Waals surface area contributed by atoms with Crippen LogP contribution < -0.4 is 5.73 Å². The molecule has 0 saturated heterocycles. The van der Waals surface area contributed by atoms with Crippen molar-refractivity contribution in [2.45, 2.75) is 50.9 Å². The molecule has 0 bridgehead atoms. The average molecular weight is 312 g/mol. The molecule has 1 aromatic rings. The molecule has 1 aliphatic carbocycles. The second kappa shape index (κ2) is 5.22. The molecule has 100 valence electrons. The fraction of sp³-hybridized carbons (Fsp3) is 0.600. The molecule has 0 atom stereocenters. The van der Waals surface area contributed by atoms with Crippen LogP contribution in [0.3, 0.4) is 0 Å². The van der Waals surface area contributed by atoms with Crippen molar-refractivity contribution in [3.05, 3.63) is 27.7 Å². The van der Waals surface area contributed by atoms with Gasteiger partial charge in [0.1, 0.15) is 5.75 Å². The molecule has 3 N–H and O–H groups in total. The summed E-state index contributed by atoms with van der Waals surface area (Å²) in [5.74, 6) is 0.811. The normalized spacial score (nSPS) is 18.5. The van der Waals surface area contributed by atoms with Crippen molar-refractivity contribution in [2.75, 3.05) is 6.54 Å². The zero-order chi connectivity index (χ0) is 13.3. The summed E-state index contributed by atoms with van der Waals surface area (Å²) in [7, 11) is 0. The molecule has 1 aromatic carbocycles. The summed E-state index contributed by atoms with van der Waals surface area (Å²) in [5, 5.41) is 10.3. The lowest BCUT2D eigenvalue weighted by Crippen LogP contribution is -2.32. The first kappa shape index (κ1) is 13.9. The molecule has 1 aliphatic rings. The van der Waals surface area contributed by atoms with Crippen LogP contribution in [0.5, 0.6) is 5.75 Å². The fourth-order valence-corrected chi connectivity index (χ4v) is 3.88. The zero-order valence-electron chi connectivity index (χ0n) is 11.2. The van der Waals surface area contributed by atoms with Crippen molar-refractivity contribution in [1.29, 1.82) is 0 Å². The smallest absolute Gasteiger partial charge is 0.119 e. The highest BCUT2D eigenvalue weighted by Crippen LogP contribution is 2.45. The van der Waals surface area contributed by atoms with Gasteiger partial charge in [0.2, 0.25) is 0 Å². The largest absolute Gasteiger partial charge is 0.508 e. The first-order valence-electron chi connectivity index (χ1n) is 6.73. The molecule has 0 heterocycles. The van der Waals surface area contributed by atoms with E-state index in [2.05, 4.69) is 35.8 Å². The van der Waals surface area contributed by atoms with E-state index in [1.54, 1.807) is 0 Å². The quantitative estimate of drug-likeness (QED) is 0.884. The minimum Gasteiger partial charge on any atom is -0.508 e. The van der Waals surface area contributed by atoms with Crippen molar-refractivity contribution in [3.8, 4) is 5.75 Å². The predicted octanol–water partition coefficient (Wildman–Crippen LogP) is 4.05. The molecule has 3 heteroatoms. The minimum atomic E-state index is -0.0118. The van der Waals surface area contributed by atoms with Gasteiger partial charge in [0.05, 0.1) is 0 Å². The van der Waals surface area contributed by atoms with Gasteiger partial charge in [-0.25, -0.2) is 0 Å². The fourth-order valence-electron chi connectivity index (χ4n) is 3.08. The maximum absolute atomic E-state index is 10.3. The van der Waals surface area contributed by atoms with E-state index in [1.165, 1.54) is 12.8 Å². The van der Waals surface area contributed by atoms with Gasteiger partial charge >= 0.3 is 0 Å². The molecular formula is C15H22BrNO. The Morgan fingerprint density at radius 3 is 2.44 bits per heavy atom. The highest BCUT2D eigenvalue weighted by Gasteiger charge is 2.36. The summed E-state index contributed by atoms with van der Waals surface area (Å²) in [6, 6.07) is 3.99. The number of halogens is 1. The van der Waals surface area contributed by atoms with Crippen LogP contribution in [0.25, 0.3) is 0 Å². The average Bonchev–Trinajstić information content (AvgIpc) is 2.81. The third kappa shape index (κ3) is 2.30. The molecular weight excluding hydrogens is 290 g/mol. The van der Waals surface area contributed by atoms with Crippen LogP contribution >= 0.6 is 15.9 Å². The number of rotatable bonds is 3. The van der Waals surface area contributed by atoms with Gasteiger partial charge < -0.3 is 10.8 Å². The molecule has 0 spiro atoms. The van der Waals surface area contributed by atoms with Crippen molar-refractivity contribution < 1.29 is 5.11 Å². The summed E-state index contributed by atoms with van der Waals surface area (Å²) in [6.45, 7) is 4.88. The van der Waals surface area contributed by atoms with Crippen molar-refractivity contribution in [2.24, 2.45) is 5.73 Å². The predicted molar refractivity (Wildman–Crippen MR) is 79.1 cm³/mol. The second-order valence-corrected chi connectivity index (χ2v) is 6.59. The van der Waals surface area contributed by atoms with Crippen molar-refractivity contribution >= 4 is 15.9 Å². The van der Waals surface area contributed by atoms with Gasteiger partial charge in [-0.3, -0.25) is 0 Å².